The number of ether oxygens (including phenoxy) is 1. The van der Waals surface area contributed by atoms with Gasteiger partial charge in [-0.15, -0.1) is 32.9 Å². The average molecular weight is 378 g/mol. The number of thiazole rings is 1. The molecule has 0 fully saturated rings. The lowest BCUT2D eigenvalue weighted by Crippen LogP contribution is -2.08. The summed E-state index contributed by atoms with van der Waals surface area (Å²) in [7, 11) is 0. The summed E-state index contributed by atoms with van der Waals surface area (Å²) in [6, 6.07) is 4.17. The first kappa shape index (κ1) is 17.6. The molecule has 3 aromatic rings. The zero-order valence-electron chi connectivity index (χ0n) is 13.9. The van der Waals surface area contributed by atoms with E-state index in [0.29, 0.717) is 31.2 Å². The van der Waals surface area contributed by atoms with Crippen molar-refractivity contribution in [3.8, 4) is 10.6 Å². The molecule has 0 aliphatic heterocycles. The van der Waals surface area contributed by atoms with Crippen LogP contribution in [0.1, 0.15) is 29.5 Å². The molecule has 3 aromatic heterocycles. The van der Waals surface area contributed by atoms with E-state index in [-0.39, 0.29) is 12.6 Å². The molecular weight excluding hydrogens is 360 g/mol. The second-order valence-electron chi connectivity index (χ2n) is 5.35. The van der Waals surface area contributed by atoms with E-state index >= 15 is 0 Å². The van der Waals surface area contributed by atoms with Crippen LogP contribution in [0.3, 0.4) is 0 Å². The maximum atomic E-state index is 11.7. The predicted octanol–water partition coefficient (Wildman–Crippen LogP) is 3.81. The molecule has 132 valence electrons. The summed E-state index contributed by atoms with van der Waals surface area (Å²) in [4.78, 5) is 18.7. The van der Waals surface area contributed by atoms with Gasteiger partial charge < -0.3 is 14.5 Å². The molecule has 25 heavy (non-hydrogen) atoms. The Morgan fingerprint density at radius 3 is 2.92 bits per heavy atom. The smallest absolute Gasteiger partial charge is 0.306 e. The number of aryl methyl sites for hydroxylation is 2. The molecule has 0 saturated carbocycles. The minimum absolute atomic E-state index is 0.0170. The van der Waals surface area contributed by atoms with Gasteiger partial charge in [-0.1, -0.05) is 0 Å². The van der Waals surface area contributed by atoms with Crippen LogP contribution < -0.4 is 5.32 Å². The number of carbonyl (C=O) groups excluding carboxylic acids is 1. The molecule has 0 aromatic carbocycles. The van der Waals surface area contributed by atoms with E-state index in [2.05, 4.69) is 39.6 Å². The summed E-state index contributed by atoms with van der Waals surface area (Å²) >= 11 is 3.29. The number of hydrogen-bond donors (Lipinski definition) is 1. The second-order valence-corrected chi connectivity index (χ2v) is 7.50. The molecule has 0 saturated heterocycles. The van der Waals surface area contributed by atoms with Crippen LogP contribution in [-0.2, 0) is 16.1 Å². The Hall–Kier alpha value is -2.26. The Labute approximate surface area is 153 Å². The Morgan fingerprint density at radius 2 is 2.20 bits per heavy atom. The van der Waals surface area contributed by atoms with Gasteiger partial charge in [0.25, 0.3) is 5.89 Å². The molecule has 0 atom stereocenters. The lowest BCUT2D eigenvalue weighted by molar-refractivity contribution is -0.145. The number of hydrogen-bond acceptors (Lipinski definition) is 9. The molecule has 0 radical (unpaired) electrons. The number of nitrogens with zero attached hydrogens (tertiary/aromatic N) is 3. The zero-order valence-corrected chi connectivity index (χ0v) is 15.6. The van der Waals surface area contributed by atoms with Crippen LogP contribution in [0.2, 0.25) is 0 Å². The topological polar surface area (TPSA) is 90.1 Å². The minimum atomic E-state index is -0.286. The highest BCUT2D eigenvalue weighted by atomic mass is 32.1. The first-order valence-corrected chi connectivity index (χ1v) is 9.50. The number of carbonyl (C=O) groups is 1. The zero-order chi connectivity index (χ0) is 17.6. The molecule has 1 N–H and O–H groups in total. The maximum Gasteiger partial charge on any atom is 0.306 e. The molecule has 3 rings (SSSR count). The number of esters is 1. The van der Waals surface area contributed by atoms with Gasteiger partial charge in [0, 0.05) is 30.1 Å². The third kappa shape index (κ3) is 5.10. The van der Waals surface area contributed by atoms with E-state index in [9.17, 15) is 4.79 Å². The Morgan fingerprint density at radius 1 is 1.32 bits per heavy atom. The highest BCUT2D eigenvalue weighted by molar-refractivity contribution is 7.16. The van der Waals surface area contributed by atoms with Crippen LogP contribution in [0.15, 0.2) is 21.9 Å². The molecular formula is C16H18N4O3S2. The highest BCUT2D eigenvalue weighted by Crippen LogP contribution is 2.30. The van der Waals surface area contributed by atoms with Crippen LogP contribution in [-0.4, -0.2) is 27.7 Å². The largest absolute Gasteiger partial charge is 0.456 e. The summed E-state index contributed by atoms with van der Waals surface area (Å²) in [5.41, 5.74) is 0.986. The summed E-state index contributed by atoms with van der Waals surface area (Å²) in [6.07, 6.45) is 0.983. The van der Waals surface area contributed by atoms with Crippen molar-refractivity contribution in [3.63, 3.8) is 0 Å². The monoisotopic (exact) mass is 378 g/mol. The van der Waals surface area contributed by atoms with E-state index in [1.807, 2.05) is 5.38 Å². The first-order valence-electron chi connectivity index (χ1n) is 7.81. The minimum Gasteiger partial charge on any atom is -0.456 e. The quantitative estimate of drug-likeness (QED) is 0.471. The third-order valence-electron chi connectivity index (χ3n) is 3.26. The van der Waals surface area contributed by atoms with Crippen LogP contribution in [0.5, 0.6) is 0 Å². The normalized spacial score (nSPS) is 10.8. The van der Waals surface area contributed by atoms with Gasteiger partial charge in [0.2, 0.25) is 5.89 Å². The first-order chi connectivity index (χ1) is 12.1. The van der Waals surface area contributed by atoms with Gasteiger partial charge in [-0.25, -0.2) is 4.98 Å². The molecule has 9 heteroatoms. The van der Waals surface area contributed by atoms with Crippen molar-refractivity contribution in [2.45, 2.75) is 33.3 Å². The number of nitrogens with one attached hydrogen (secondary N) is 1. The van der Waals surface area contributed by atoms with Gasteiger partial charge in [0.15, 0.2) is 11.7 Å². The van der Waals surface area contributed by atoms with Gasteiger partial charge in [0.1, 0.15) is 0 Å². The van der Waals surface area contributed by atoms with Crippen LogP contribution in [0, 0.1) is 13.8 Å². The van der Waals surface area contributed by atoms with Crippen molar-refractivity contribution in [2.75, 3.05) is 11.9 Å². The summed E-state index contributed by atoms with van der Waals surface area (Å²) < 4.78 is 10.2. The average Bonchev–Trinajstić information content (AvgIpc) is 3.31. The van der Waals surface area contributed by atoms with Crippen molar-refractivity contribution < 1.29 is 13.9 Å². The lowest BCUT2D eigenvalue weighted by atomic mass is 10.3. The number of aromatic nitrogens is 3. The van der Waals surface area contributed by atoms with Gasteiger partial charge >= 0.3 is 5.97 Å². The SMILES string of the molecule is Cc1nnc(COC(=O)CCCNc2nc(-c3ccc(C)s3)cs2)o1. The summed E-state index contributed by atoms with van der Waals surface area (Å²) in [6.45, 7) is 4.44. The van der Waals surface area contributed by atoms with Gasteiger partial charge in [-0.05, 0) is 25.5 Å². The van der Waals surface area contributed by atoms with Crippen molar-refractivity contribution in [1.82, 2.24) is 15.2 Å². The third-order valence-corrected chi connectivity index (χ3v) is 5.08. The van der Waals surface area contributed by atoms with Crippen molar-refractivity contribution in [1.29, 1.82) is 0 Å². The molecule has 0 bridgehead atoms. The number of thiophene rings is 1. The Kier molecular flexibility index (Phi) is 5.77. The van der Waals surface area contributed by atoms with Crippen molar-refractivity contribution >= 4 is 33.8 Å². The van der Waals surface area contributed by atoms with E-state index < -0.39 is 0 Å². The van der Waals surface area contributed by atoms with E-state index in [1.165, 1.54) is 9.75 Å². The fourth-order valence-electron chi connectivity index (χ4n) is 2.08. The van der Waals surface area contributed by atoms with Crippen molar-refractivity contribution in [3.05, 3.63) is 34.2 Å². The molecule has 7 nitrogen and oxygen atoms in total. The number of rotatable bonds is 8. The molecule has 0 aliphatic carbocycles. The lowest BCUT2D eigenvalue weighted by Gasteiger charge is -2.03. The molecule has 0 spiro atoms. The predicted molar refractivity (Wildman–Crippen MR) is 96.7 cm³/mol. The van der Waals surface area contributed by atoms with Crippen molar-refractivity contribution in [2.24, 2.45) is 0 Å². The molecule has 0 amide bonds. The van der Waals surface area contributed by atoms with Crippen LogP contribution >= 0.6 is 22.7 Å². The van der Waals surface area contributed by atoms with Gasteiger partial charge in [-0.3, -0.25) is 4.79 Å². The summed E-state index contributed by atoms with van der Waals surface area (Å²) in [5, 5.41) is 13.6. The Bertz CT molecular complexity index is 840. The second kappa shape index (κ2) is 8.21. The highest BCUT2D eigenvalue weighted by Gasteiger charge is 2.09. The van der Waals surface area contributed by atoms with E-state index in [4.69, 9.17) is 9.15 Å². The van der Waals surface area contributed by atoms with Gasteiger partial charge in [-0.2, -0.15) is 0 Å². The van der Waals surface area contributed by atoms with Gasteiger partial charge in [0.05, 0.1) is 10.6 Å². The molecule has 0 unspecified atom stereocenters. The Balaban J connectivity index is 1.35. The van der Waals surface area contributed by atoms with Crippen LogP contribution in [0.25, 0.3) is 10.6 Å². The fraction of sp³-hybridized carbons (Fsp3) is 0.375. The fourth-order valence-corrected chi connectivity index (χ4v) is 3.72. The molecule has 3 heterocycles. The number of anilines is 1. The van der Waals surface area contributed by atoms with E-state index in [1.54, 1.807) is 29.6 Å². The maximum absolute atomic E-state index is 11.7. The van der Waals surface area contributed by atoms with Crippen LogP contribution in [0.4, 0.5) is 5.13 Å². The standard InChI is InChI=1S/C16H18N4O3S2/c1-10-5-6-13(25-10)12-9-24-16(18-12)17-7-3-4-15(21)22-8-14-20-19-11(2)23-14/h5-6,9H,3-4,7-8H2,1-2H3,(H,17,18). The molecule has 0 aliphatic rings. The van der Waals surface area contributed by atoms with E-state index in [0.717, 1.165) is 10.8 Å². The summed E-state index contributed by atoms with van der Waals surface area (Å²) in [5.74, 6) is 0.477.